The van der Waals surface area contributed by atoms with Crippen LogP contribution in [-0.2, 0) is 4.74 Å². The Hall–Kier alpha value is -2.62. The maximum atomic E-state index is 11.4. The number of ether oxygens (including phenoxy) is 1. The molecule has 0 bridgehead atoms. The SMILES string of the molecule is COC(=O)c1ccn(-c2ccc3ccccc3n2)c1. The zero-order valence-electron chi connectivity index (χ0n) is 10.4. The lowest BCUT2D eigenvalue weighted by Crippen LogP contribution is -2.00. The summed E-state index contributed by atoms with van der Waals surface area (Å²) < 4.78 is 6.49. The normalized spacial score (nSPS) is 10.6. The topological polar surface area (TPSA) is 44.1 Å². The Morgan fingerprint density at radius 3 is 2.84 bits per heavy atom. The summed E-state index contributed by atoms with van der Waals surface area (Å²) in [5.41, 5.74) is 1.44. The van der Waals surface area contributed by atoms with Gasteiger partial charge >= 0.3 is 5.97 Å². The van der Waals surface area contributed by atoms with Crippen LogP contribution in [0.2, 0.25) is 0 Å². The van der Waals surface area contributed by atoms with Crippen molar-refractivity contribution in [1.82, 2.24) is 9.55 Å². The molecule has 94 valence electrons. The number of carbonyl (C=O) groups is 1. The van der Waals surface area contributed by atoms with Gasteiger partial charge in [-0.25, -0.2) is 9.78 Å². The molecule has 0 aliphatic heterocycles. The molecule has 0 fully saturated rings. The summed E-state index contributed by atoms with van der Waals surface area (Å²) in [5.74, 6) is 0.424. The van der Waals surface area contributed by atoms with Gasteiger partial charge in [-0.2, -0.15) is 0 Å². The number of fused-ring (bicyclic) bond motifs is 1. The first-order valence-corrected chi connectivity index (χ1v) is 5.90. The Labute approximate surface area is 110 Å². The predicted octanol–water partition coefficient (Wildman–Crippen LogP) is 2.81. The Morgan fingerprint density at radius 2 is 2.00 bits per heavy atom. The molecule has 0 saturated heterocycles. The second kappa shape index (κ2) is 4.57. The summed E-state index contributed by atoms with van der Waals surface area (Å²) in [4.78, 5) is 16.0. The van der Waals surface area contributed by atoms with Crippen molar-refractivity contribution in [2.45, 2.75) is 0 Å². The molecule has 0 amide bonds. The van der Waals surface area contributed by atoms with Crippen molar-refractivity contribution < 1.29 is 9.53 Å². The molecule has 4 heteroatoms. The van der Waals surface area contributed by atoms with Crippen LogP contribution in [0.25, 0.3) is 16.7 Å². The smallest absolute Gasteiger partial charge is 0.339 e. The number of para-hydroxylation sites is 1. The molecule has 2 heterocycles. The summed E-state index contributed by atoms with van der Waals surface area (Å²) in [6, 6.07) is 13.6. The minimum Gasteiger partial charge on any atom is -0.465 e. The van der Waals surface area contributed by atoms with E-state index < -0.39 is 0 Å². The highest BCUT2D eigenvalue weighted by molar-refractivity contribution is 5.89. The molecule has 0 spiro atoms. The molecule has 4 nitrogen and oxygen atoms in total. The van der Waals surface area contributed by atoms with Crippen molar-refractivity contribution in [3.05, 3.63) is 60.4 Å². The molecule has 0 saturated carbocycles. The van der Waals surface area contributed by atoms with E-state index in [0.29, 0.717) is 5.56 Å². The minimum absolute atomic E-state index is 0.348. The Kier molecular flexibility index (Phi) is 2.76. The van der Waals surface area contributed by atoms with E-state index in [1.54, 1.807) is 23.0 Å². The van der Waals surface area contributed by atoms with Crippen molar-refractivity contribution >= 4 is 16.9 Å². The quantitative estimate of drug-likeness (QED) is 0.659. The van der Waals surface area contributed by atoms with E-state index in [1.165, 1.54) is 7.11 Å². The predicted molar refractivity (Wildman–Crippen MR) is 72.4 cm³/mol. The molecule has 19 heavy (non-hydrogen) atoms. The number of rotatable bonds is 2. The number of hydrogen-bond acceptors (Lipinski definition) is 3. The van der Waals surface area contributed by atoms with E-state index in [9.17, 15) is 4.79 Å². The maximum absolute atomic E-state index is 11.4. The lowest BCUT2D eigenvalue weighted by molar-refractivity contribution is 0.0601. The van der Waals surface area contributed by atoms with Crippen LogP contribution in [0.15, 0.2) is 54.9 Å². The van der Waals surface area contributed by atoms with E-state index in [-0.39, 0.29) is 5.97 Å². The number of aromatic nitrogens is 2. The van der Waals surface area contributed by atoms with Crippen molar-refractivity contribution in [2.24, 2.45) is 0 Å². The molecule has 0 unspecified atom stereocenters. The first-order chi connectivity index (χ1) is 9.28. The van der Waals surface area contributed by atoms with Gasteiger partial charge in [-0.3, -0.25) is 0 Å². The second-order valence-electron chi connectivity index (χ2n) is 4.16. The van der Waals surface area contributed by atoms with Crippen LogP contribution >= 0.6 is 0 Å². The van der Waals surface area contributed by atoms with Gasteiger partial charge in [0.2, 0.25) is 0 Å². The number of pyridine rings is 1. The second-order valence-corrected chi connectivity index (χ2v) is 4.16. The first kappa shape index (κ1) is 11.5. The zero-order chi connectivity index (χ0) is 13.2. The van der Waals surface area contributed by atoms with E-state index in [1.807, 2.05) is 36.4 Å². The monoisotopic (exact) mass is 252 g/mol. The maximum Gasteiger partial charge on any atom is 0.339 e. The lowest BCUT2D eigenvalue weighted by atomic mass is 10.2. The highest BCUT2D eigenvalue weighted by Gasteiger charge is 2.08. The van der Waals surface area contributed by atoms with Gasteiger partial charge in [-0.1, -0.05) is 18.2 Å². The third kappa shape index (κ3) is 2.08. The van der Waals surface area contributed by atoms with Crippen molar-refractivity contribution in [2.75, 3.05) is 7.11 Å². The van der Waals surface area contributed by atoms with Crippen LogP contribution < -0.4 is 0 Å². The van der Waals surface area contributed by atoms with Gasteiger partial charge in [0.1, 0.15) is 5.82 Å². The van der Waals surface area contributed by atoms with E-state index in [2.05, 4.69) is 9.72 Å². The highest BCUT2D eigenvalue weighted by Crippen LogP contribution is 2.15. The van der Waals surface area contributed by atoms with Gasteiger partial charge in [0.05, 0.1) is 18.2 Å². The van der Waals surface area contributed by atoms with E-state index >= 15 is 0 Å². The van der Waals surface area contributed by atoms with Crippen molar-refractivity contribution in [1.29, 1.82) is 0 Å². The van der Waals surface area contributed by atoms with Gasteiger partial charge in [-0.15, -0.1) is 0 Å². The van der Waals surface area contributed by atoms with Crippen LogP contribution in [-0.4, -0.2) is 22.6 Å². The third-order valence-corrected chi connectivity index (χ3v) is 2.96. The van der Waals surface area contributed by atoms with Gasteiger partial charge in [-0.05, 0) is 24.3 Å². The standard InChI is InChI=1S/C15H12N2O2/c1-19-15(18)12-8-9-17(10-12)14-7-6-11-4-2-3-5-13(11)16-14/h2-10H,1H3. The van der Waals surface area contributed by atoms with Gasteiger partial charge in [0, 0.05) is 17.8 Å². The van der Waals surface area contributed by atoms with Gasteiger partial charge < -0.3 is 9.30 Å². The largest absolute Gasteiger partial charge is 0.465 e. The number of carbonyl (C=O) groups excluding carboxylic acids is 1. The average Bonchev–Trinajstić information content (AvgIpc) is 2.95. The Morgan fingerprint density at radius 1 is 1.16 bits per heavy atom. The molecule has 0 atom stereocenters. The van der Waals surface area contributed by atoms with Crippen molar-refractivity contribution in [3.8, 4) is 5.82 Å². The van der Waals surface area contributed by atoms with Crippen LogP contribution in [0.1, 0.15) is 10.4 Å². The van der Waals surface area contributed by atoms with E-state index in [4.69, 9.17) is 0 Å². The van der Waals surface area contributed by atoms with Crippen LogP contribution in [0, 0.1) is 0 Å². The molecule has 3 aromatic rings. The molecule has 0 N–H and O–H groups in total. The third-order valence-electron chi connectivity index (χ3n) is 2.96. The lowest BCUT2D eigenvalue weighted by Gasteiger charge is -2.03. The fourth-order valence-electron chi connectivity index (χ4n) is 1.98. The van der Waals surface area contributed by atoms with E-state index in [0.717, 1.165) is 16.7 Å². The first-order valence-electron chi connectivity index (χ1n) is 5.90. The zero-order valence-corrected chi connectivity index (χ0v) is 10.4. The van der Waals surface area contributed by atoms with Crippen LogP contribution in [0.5, 0.6) is 0 Å². The molecular formula is C15H12N2O2. The van der Waals surface area contributed by atoms with Crippen LogP contribution in [0.4, 0.5) is 0 Å². The summed E-state index contributed by atoms with van der Waals surface area (Å²) in [6.45, 7) is 0. The fraction of sp³-hybridized carbons (Fsp3) is 0.0667. The molecule has 0 aliphatic rings. The van der Waals surface area contributed by atoms with Gasteiger partial charge in [0.25, 0.3) is 0 Å². The molecule has 3 rings (SSSR count). The minimum atomic E-state index is -0.348. The summed E-state index contributed by atoms with van der Waals surface area (Å²) >= 11 is 0. The summed E-state index contributed by atoms with van der Waals surface area (Å²) in [6.07, 6.45) is 3.51. The fourth-order valence-corrected chi connectivity index (χ4v) is 1.98. The summed E-state index contributed by atoms with van der Waals surface area (Å²) in [7, 11) is 1.37. The van der Waals surface area contributed by atoms with Gasteiger partial charge in [0.15, 0.2) is 0 Å². The number of nitrogens with zero attached hydrogens (tertiary/aromatic N) is 2. The Bertz CT molecular complexity index is 746. The molecule has 1 aromatic carbocycles. The number of hydrogen-bond donors (Lipinski definition) is 0. The highest BCUT2D eigenvalue weighted by atomic mass is 16.5. The molecule has 2 aromatic heterocycles. The van der Waals surface area contributed by atoms with Crippen molar-refractivity contribution in [3.63, 3.8) is 0 Å². The number of benzene rings is 1. The number of esters is 1. The van der Waals surface area contributed by atoms with Crippen LogP contribution in [0.3, 0.4) is 0 Å². The number of methoxy groups -OCH3 is 1. The Balaban J connectivity index is 2.04. The molecular weight excluding hydrogens is 240 g/mol. The average molecular weight is 252 g/mol. The summed E-state index contributed by atoms with van der Waals surface area (Å²) in [5, 5.41) is 1.09. The molecule has 0 radical (unpaired) electrons. The molecule has 0 aliphatic carbocycles.